The van der Waals surface area contributed by atoms with Gasteiger partial charge >= 0.3 is 6.01 Å². The fourth-order valence-corrected chi connectivity index (χ4v) is 2.57. The molecule has 0 atom stereocenters. The Balaban J connectivity index is 2.02. The summed E-state index contributed by atoms with van der Waals surface area (Å²) >= 11 is 5.85. The molecule has 0 bridgehead atoms. The lowest BCUT2D eigenvalue weighted by Crippen LogP contribution is -2.28. The molecule has 0 aliphatic heterocycles. The highest BCUT2D eigenvalue weighted by molar-refractivity contribution is 6.28. The minimum atomic E-state index is 0.173. The molecule has 0 radical (unpaired) electrons. The van der Waals surface area contributed by atoms with Crippen LogP contribution in [-0.4, -0.2) is 35.7 Å². The van der Waals surface area contributed by atoms with Crippen molar-refractivity contribution in [3.05, 3.63) is 5.28 Å². The fraction of sp³-hybridized carbons (Fsp3) is 0.750. The average Bonchev–Trinajstić information content (AvgIpc) is 2.39. The summed E-state index contributed by atoms with van der Waals surface area (Å²) < 4.78 is 5.00. The normalized spacial score (nSPS) is 16.6. The van der Waals surface area contributed by atoms with Crippen molar-refractivity contribution in [3.8, 4) is 6.01 Å². The Kier molecular flexibility index (Phi) is 4.58. The number of hydrogen-bond acceptors (Lipinski definition) is 5. The average molecular weight is 271 g/mol. The van der Waals surface area contributed by atoms with Gasteiger partial charge in [-0.05, 0) is 30.4 Å². The summed E-state index contributed by atoms with van der Waals surface area (Å²) in [6, 6.07) is 0.264. The molecule has 1 aliphatic rings. The number of aromatic nitrogens is 3. The van der Waals surface area contributed by atoms with Crippen molar-refractivity contribution < 1.29 is 4.74 Å². The lowest BCUT2D eigenvalue weighted by atomic mass is 9.89. The first-order valence-corrected chi connectivity index (χ1v) is 6.73. The second-order valence-electron chi connectivity index (χ2n) is 4.78. The highest BCUT2D eigenvalue weighted by Crippen LogP contribution is 2.25. The van der Waals surface area contributed by atoms with E-state index in [-0.39, 0.29) is 11.3 Å². The monoisotopic (exact) mass is 270 g/mol. The second kappa shape index (κ2) is 6.18. The maximum atomic E-state index is 5.85. The van der Waals surface area contributed by atoms with E-state index in [1.807, 2.05) is 11.9 Å². The number of ether oxygens (including phenoxy) is 1. The summed E-state index contributed by atoms with van der Waals surface area (Å²) in [5.74, 6) is 1.31. The van der Waals surface area contributed by atoms with E-state index in [0.29, 0.717) is 5.95 Å². The molecule has 0 aromatic carbocycles. The highest BCUT2D eigenvalue weighted by atomic mass is 35.5. The molecule has 1 fully saturated rings. The molecule has 0 N–H and O–H groups in total. The standard InChI is InChI=1S/C12H19ClN4O/c1-17(8-9-6-4-3-5-7-9)11-14-10(13)15-12(16-11)18-2/h9H,3-8H2,1-2H3. The topological polar surface area (TPSA) is 51.1 Å². The number of anilines is 1. The fourth-order valence-electron chi connectivity index (χ4n) is 2.42. The largest absolute Gasteiger partial charge is 0.467 e. The van der Waals surface area contributed by atoms with Gasteiger partial charge < -0.3 is 9.64 Å². The zero-order valence-corrected chi connectivity index (χ0v) is 11.7. The van der Waals surface area contributed by atoms with Gasteiger partial charge in [-0.15, -0.1) is 0 Å². The number of halogens is 1. The van der Waals surface area contributed by atoms with E-state index in [4.69, 9.17) is 16.3 Å². The van der Waals surface area contributed by atoms with Crippen LogP contribution in [0.2, 0.25) is 5.28 Å². The van der Waals surface area contributed by atoms with Crippen molar-refractivity contribution in [2.24, 2.45) is 5.92 Å². The molecule has 1 aromatic rings. The van der Waals surface area contributed by atoms with Crippen molar-refractivity contribution in [3.63, 3.8) is 0 Å². The maximum absolute atomic E-state index is 5.85. The number of nitrogens with zero attached hydrogens (tertiary/aromatic N) is 4. The Labute approximate surface area is 113 Å². The zero-order valence-electron chi connectivity index (χ0n) is 10.9. The van der Waals surface area contributed by atoms with E-state index in [9.17, 15) is 0 Å². The van der Waals surface area contributed by atoms with Crippen LogP contribution in [0.25, 0.3) is 0 Å². The Morgan fingerprint density at radius 1 is 1.22 bits per heavy atom. The van der Waals surface area contributed by atoms with E-state index < -0.39 is 0 Å². The van der Waals surface area contributed by atoms with Gasteiger partial charge in [0.25, 0.3) is 0 Å². The molecule has 1 heterocycles. The minimum Gasteiger partial charge on any atom is -0.467 e. The van der Waals surface area contributed by atoms with Crippen LogP contribution in [-0.2, 0) is 0 Å². The van der Waals surface area contributed by atoms with Crippen molar-refractivity contribution in [2.75, 3.05) is 25.6 Å². The Morgan fingerprint density at radius 3 is 2.61 bits per heavy atom. The summed E-state index contributed by atoms with van der Waals surface area (Å²) in [5.41, 5.74) is 0. The smallest absolute Gasteiger partial charge is 0.322 e. The zero-order chi connectivity index (χ0) is 13.0. The summed E-state index contributed by atoms with van der Waals surface area (Å²) in [6.45, 7) is 0.962. The van der Waals surface area contributed by atoms with Gasteiger partial charge in [0, 0.05) is 13.6 Å². The van der Waals surface area contributed by atoms with Gasteiger partial charge in [-0.1, -0.05) is 19.3 Å². The van der Waals surface area contributed by atoms with E-state index in [2.05, 4.69) is 15.0 Å². The van der Waals surface area contributed by atoms with E-state index >= 15 is 0 Å². The van der Waals surface area contributed by atoms with Crippen LogP contribution in [0, 0.1) is 5.92 Å². The van der Waals surface area contributed by atoms with Crippen LogP contribution in [0.1, 0.15) is 32.1 Å². The van der Waals surface area contributed by atoms with Crippen molar-refractivity contribution >= 4 is 17.5 Å². The number of hydrogen-bond donors (Lipinski definition) is 0. The number of methoxy groups -OCH3 is 1. The maximum Gasteiger partial charge on any atom is 0.322 e. The van der Waals surface area contributed by atoms with Crippen molar-refractivity contribution in [2.45, 2.75) is 32.1 Å². The molecule has 1 saturated carbocycles. The molecule has 18 heavy (non-hydrogen) atoms. The van der Waals surface area contributed by atoms with Crippen LogP contribution in [0.5, 0.6) is 6.01 Å². The molecular weight excluding hydrogens is 252 g/mol. The lowest BCUT2D eigenvalue weighted by Gasteiger charge is -2.26. The van der Waals surface area contributed by atoms with Crippen LogP contribution >= 0.6 is 11.6 Å². The molecule has 0 spiro atoms. The van der Waals surface area contributed by atoms with Gasteiger partial charge in [0.1, 0.15) is 0 Å². The SMILES string of the molecule is COc1nc(Cl)nc(N(C)CC2CCCCC2)n1. The molecule has 1 aromatic heterocycles. The van der Waals surface area contributed by atoms with Crippen molar-refractivity contribution in [1.82, 2.24) is 15.0 Å². The van der Waals surface area contributed by atoms with Gasteiger partial charge in [0.05, 0.1) is 7.11 Å². The summed E-state index contributed by atoms with van der Waals surface area (Å²) in [7, 11) is 3.51. The van der Waals surface area contributed by atoms with Gasteiger partial charge in [-0.2, -0.15) is 15.0 Å². The second-order valence-corrected chi connectivity index (χ2v) is 5.11. The first kappa shape index (κ1) is 13.3. The van der Waals surface area contributed by atoms with Crippen LogP contribution in [0.4, 0.5) is 5.95 Å². The predicted octanol–water partition coefficient (Wildman–Crippen LogP) is 2.55. The third-order valence-electron chi connectivity index (χ3n) is 3.36. The Hall–Kier alpha value is -1.10. The summed E-state index contributed by atoms with van der Waals surface area (Å²) in [6.07, 6.45) is 6.62. The van der Waals surface area contributed by atoms with Gasteiger partial charge in [0.15, 0.2) is 0 Å². The molecule has 2 rings (SSSR count). The molecule has 0 unspecified atom stereocenters. The minimum absolute atomic E-state index is 0.173. The van der Waals surface area contributed by atoms with Crippen LogP contribution < -0.4 is 9.64 Å². The quantitative estimate of drug-likeness (QED) is 0.842. The summed E-state index contributed by atoms with van der Waals surface area (Å²) in [5, 5.41) is 0.173. The molecule has 6 heteroatoms. The van der Waals surface area contributed by atoms with E-state index in [1.54, 1.807) is 0 Å². The first-order valence-electron chi connectivity index (χ1n) is 6.35. The van der Waals surface area contributed by atoms with E-state index in [1.165, 1.54) is 39.2 Å². The van der Waals surface area contributed by atoms with Crippen LogP contribution in [0.3, 0.4) is 0 Å². The van der Waals surface area contributed by atoms with Crippen molar-refractivity contribution in [1.29, 1.82) is 0 Å². The van der Waals surface area contributed by atoms with Gasteiger partial charge in [-0.25, -0.2) is 0 Å². The number of rotatable bonds is 4. The van der Waals surface area contributed by atoms with E-state index in [0.717, 1.165) is 12.5 Å². The third kappa shape index (κ3) is 3.45. The first-order chi connectivity index (χ1) is 8.69. The van der Waals surface area contributed by atoms with Crippen LogP contribution in [0.15, 0.2) is 0 Å². The molecule has 1 aliphatic carbocycles. The molecule has 0 saturated heterocycles. The lowest BCUT2D eigenvalue weighted by molar-refractivity contribution is 0.358. The molecule has 0 amide bonds. The van der Waals surface area contributed by atoms with Gasteiger partial charge in [0.2, 0.25) is 11.2 Å². The summed E-state index contributed by atoms with van der Waals surface area (Å²) in [4.78, 5) is 14.3. The van der Waals surface area contributed by atoms with Gasteiger partial charge in [-0.3, -0.25) is 0 Å². The predicted molar refractivity (Wildman–Crippen MR) is 71.2 cm³/mol. The molecule has 100 valence electrons. The highest BCUT2D eigenvalue weighted by Gasteiger charge is 2.17. The Bertz CT molecular complexity index is 396. The molecular formula is C12H19ClN4O. The third-order valence-corrected chi connectivity index (χ3v) is 3.53. The Morgan fingerprint density at radius 2 is 1.94 bits per heavy atom. The molecule has 5 nitrogen and oxygen atoms in total.